The molecule has 0 aliphatic carbocycles. The van der Waals surface area contributed by atoms with Crippen LogP contribution in [-0.2, 0) is 4.79 Å². The average molecular weight is 158 g/mol. The molecule has 0 rings (SSSR count). The zero-order chi connectivity index (χ0) is 9.02. The third-order valence-corrected chi connectivity index (χ3v) is 1.61. The molecular formula is C8H14O3. The zero-order valence-electron chi connectivity index (χ0n) is 7.03. The van der Waals surface area contributed by atoms with Crippen molar-refractivity contribution in [2.75, 3.05) is 0 Å². The molecule has 0 saturated carbocycles. The van der Waals surface area contributed by atoms with Gasteiger partial charge < -0.3 is 10.2 Å². The topological polar surface area (TPSA) is 57.5 Å². The Labute approximate surface area is 66.4 Å². The fraction of sp³-hybridized carbons (Fsp3) is 0.625. The Balaban J connectivity index is 4.19. The molecule has 0 aromatic rings. The molecule has 0 heterocycles. The van der Waals surface area contributed by atoms with Crippen molar-refractivity contribution in [1.82, 2.24) is 0 Å². The number of hydrogen-bond acceptors (Lipinski definition) is 2. The van der Waals surface area contributed by atoms with E-state index < -0.39 is 12.1 Å². The first-order valence-corrected chi connectivity index (χ1v) is 3.55. The highest BCUT2D eigenvalue weighted by Crippen LogP contribution is 2.07. The summed E-state index contributed by atoms with van der Waals surface area (Å²) >= 11 is 0. The van der Waals surface area contributed by atoms with Gasteiger partial charge >= 0.3 is 5.97 Å². The number of hydrogen-bond donors (Lipinski definition) is 2. The molecule has 0 aliphatic heterocycles. The van der Waals surface area contributed by atoms with Crippen molar-refractivity contribution >= 4 is 5.97 Å². The SMILES string of the molecule is CC(=C[C@@H](C)[C@@H](C)O)C(=O)O. The van der Waals surface area contributed by atoms with Crippen LogP contribution in [0.3, 0.4) is 0 Å². The summed E-state index contributed by atoms with van der Waals surface area (Å²) in [6, 6.07) is 0. The van der Waals surface area contributed by atoms with E-state index in [0.29, 0.717) is 0 Å². The second kappa shape index (κ2) is 4.13. The molecule has 11 heavy (non-hydrogen) atoms. The molecule has 0 bridgehead atoms. The minimum absolute atomic E-state index is 0.105. The molecule has 2 N–H and O–H groups in total. The summed E-state index contributed by atoms with van der Waals surface area (Å²) in [5, 5.41) is 17.5. The van der Waals surface area contributed by atoms with Crippen LogP contribution in [0.25, 0.3) is 0 Å². The Bertz CT molecular complexity index is 170. The maximum Gasteiger partial charge on any atom is 0.330 e. The van der Waals surface area contributed by atoms with Gasteiger partial charge in [0.2, 0.25) is 0 Å². The number of carboxylic acids is 1. The molecule has 64 valence electrons. The van der Waals surface area contributed by atoms with Gasteiger partial charge in [0.15, 0.2) is 0 Å². The van der Waals surface area contributed by atoms with Crippen molar-refractivity contribution in [3.63, 3.8) is 0 Å². The molecule has 0 spiro atoms. The molecule has 0 saturated heterocycles. The van der Waals surface area contributed by atoms with Crippen LogP contribution >= 0.6 is 0 Å². The maximum atomic E-state index is 10.3. The second-order valence-electron chi connectivity index (χ2n) is 2.75. The van der Waals surface area contributed by atoms with E-state index in [1.54, 1.807) is 19.9 Å². The van der Waals surface area contributed by atoms with Crippen LogP contribution in [0, 0.1) is 5.92 Å². The van der Waals surface area contributed by atoms with Gasteiger partial charge in [-0.1, -0.05) is 13.0 Å². The molecule has 0 aromatic heterocycles. The Kier molecular flexibility index (Phi) is 3.82. The van der Waals surface area contributed by atoms with E-state index in [-0.39, 0.29) is 11.5 Å². The Morgan fingerprint density at radius 1 is 1.45 bits per heavy atom. The third kappa shape index (κ3) is 3.78. The van der Waals surface area contributed by atoms with E-state index in [4.69, 9.17) is 10.2 Å². The monoisotopic (exact) mass is 158 g/mol. The van der Waals surface area contributed by atoms with Gasteiger partial charge in [-0.05, 0) is 13.8 Å². The molecule has 0 unspecified atom stereocenters. The molecule has 0 amide bonds. The Morgan fingerprint density at radius 3 is 2.18 bits per heavy atom. The fourth-order valence-electron chi connectivity index (χ4n) is 0.605. The van der Waals surface area contributed by atoms with Crippen molar-refractivity contribution in [1.29, 1.82) is 0 Å². The molecule has 0 fully saturated rings. The quantitative estimate of drug-likeness (QED) is 0.603. The third-order valence-electron chi connectivity index (χ3n) is 1.61. The van der Waals surface area contributed by atoms with Crippen LogP contribution in [0.4, 0.5) is 0 Å². The summed E-state index contributed by atoms with van der Waals surface area (Å²) in [4.78, 5) is 10.3. The van der Waals surface area contributed by atoms with Gasteiger partial charge in [0.25, 0.3) is 0 Å². The van der Waals surface area contributed by atoms with E-state index in [1.807, 2.05) is 0 Å². The summed E-state index contributed by atoms with van der Waals surface area (Å²) in [6.45, 7) is 4.93. The second-order valence-corrected chi connectivity index (χ2v) is 2.75. The van der Waals surface area contributed by atoms with Gasteiger partial charge in [-0.2, -0.15) is 0 Å². The number of aliphatic hydroxyl groups is 1. The van der Waals surface area contributed by atoms with Crippen molar-refractivity contribution < 1.29 is 15.0 Å². The highest BCUT2D eigenvalue weighted by atomic mass is 16.4. The zero-order valence-corrected chi connectivity index (χ0v) is 7.03. The standard InChI is InChI=1S/C8H14O3/c1-5(7(3)9)4-6(2)8(10)11/h4-5,7,9H,1-3H3,(H,10,11)/t5-,7-/m1/s1. The highest BCUT2D eigenvalue weighted by molar-refractivity contribution is 5.85. The Hall–Kier alpha value is -0.830. The summed E-state index contributed by atoms with van der Waals surface area (Å²) in [5.41, 5.74) is 0.276. The first-order chi connectivity index (χ1) is 4.95. The van der Waals surface area contributed by atoms with Gasteiger partial charge in [0.1, 0.15) is 0 Å². The van der Waals surface area contributed by atoms with Gasteiger partial charge in [-0.3, -0.25) is 0 Å². The minimum atomic E-state index is -0.933. The molecule has 0 radical (unpaired) electrons. The summed E-state index contributed by atoms with van der Waals surface area (Å²) in [7, 11) is 0. The predicted molar refractivity (Wildman–Crippen MR) is 42.2 cm³/mol. The number of rotatable bonds is 3. The van der Waals surface area contributed by atoms with Crippen molar-refractivity contribution in [2.24, 2.45) is 5.92 Å². The van der Waals surface area contributed by atoms with Crippen LogP contribution in [0.2, 0.25) is 0 Å². The summed E-state index contributed by atoms with van der Waals surface area (Å²) in [5.74, 6) is -1.04. The van der Waals surface area contributed by atoms with Crippen molar-refractivity contribution in [3.05, 3.63) is 11.6 Å². The van der Waals surface area contributed by atoms with Gasteiger partial charge in [-0.25, -0.2) is 4.79 Å². The van der Waals surface area contributed by atoms with E-state index in [1.165, 1.54) is 6.92 Å². The van der Waals surface area contributed by atoms with Crippen LogP contribution in [0.15, 0.2) is 11.6 Å². The first-order valence-electron chi connectivity index (χ1n) is 3.55. The van der Waals surface area contributed by atoms with Gasteiger partial charge in [0, 0.05) is 11.5 Å². The number of aliphatic hydroxyl groups excluding tert-OH is 1. The lowest BCUT2D eigenvalue weighted by molar-refractivity contribution is -0.132. The normalized spacial score (nSPS) is 17.6. The van der Waals surface area contributed by atoms with Gasteiger partial charge in [-0.15, -0.1) is 0 Å². The molecule has 3 heteroatoms. The van der Waals surface area contributed by atoms with E-state index in [0.717, 1.165) is 0 Å². The average Bonchev–Trinajstić information content (AvgIpc) is 1.87. The number of aliphatic carboxylic acids is 1. The van der Waals surface area contributed by atoms with Crippen LogP contribution in [0.1, 0.15) is 20.8 Å². The number of carbonyl (C=O) groups is 1. The van der Waals surface area contributed by atoms with Crippen LogP contribution in [-0.4, -0.2) is 22.3 Å². The largest absolute Gasteiger partial charge is 0.478 e. The Morgan fingerprint density at radius 2 is 1.91 bits per heavy atom. The molecule has 0 aromatic carbocycles. The first kappa shape index (κ1) is 10.2. The number of carboxylic acid groups (broad SMARTS) is 1. The summed E-state index contributed by atoms with van der Waals surface area (Å²) < 4.78 is 0. The molecule has 3 nitrogen and oxygen atoms in total. The lowest BCUT2D eigenvalue weighted by Gasteiger charge is -2.09. The van der Waals surface area contributed by atoms with Crippen LogP contribution < -0.4 is 0 Å². The lowest BCUT2D eigenvalue weighted by atomic mass is 10.0. The van der Waals surface area contributed by atoms with Crippen molar-refractivity contribution in [3.8, 4) is 0 Å². The smallest absolute Gasteiger partial charge is 0.330 e. The van der Waals surface area contributed by atoms with Gasteiger partial charge in [0.05, 0.1) is 6.10 Å². The van der Waals surface area contributed by atoms with E-state index in [9.17, 15) is 4.79 Å². The molecule has 2 atom stereocenters. The minimum Gasteiger partial charge on any atom is -0.478 e. The molecular weight excluding hydrogens is 144 g/mol. The van der Waals surface area contributed by atoms with Crippen LogP contribution in [0.5, 0.6) is 0 Å². The van der Waals surface area contributed by atoms with E-state index in [2.05, 4.69) is 0 Å². The predicted octanol–water partition coefficient (Wildman–Crippen LogP) is 1.03. The van der Waals surface area contributed by atoms with Crippen molar-refractivity contribution in [2.45, 2.75) is 26.9 Å². The molecule has 0 aliphatic rings. The fourth-order valence-corrected chi connectivity index (χ4v) is 0.605. The maximum absolute atomic E-state index is 10.3. The van der Waals surface area contributed by atoms with E-state index >= 15 is 0 Å². The lowest BCUT2D eigenvalue weighted by Crippen LogP contribution is -2.12. The summed E-state index contributed by atoms with van der Waals surface area (Å²) in [6.07, 6.45) is 1.05. The highest BCUT2D eigenvalue weighted by Gasteiger charge is 2.07.